The first-order valence-corrected chi connectivity index (χ1v) is 6.40. The second-order valence-corrected chi connectivity index (χ2v) is 4.26. The minimum absolute atomic E-state index is 0.292. The molecule has 94 valence electrons. The van der Waals surface area contributed by atoms with E-state index in [4.69, 9.17) is 5.11 Å². The molecule has 1 aromatic carbocycles. The van der Waals surface area contributed by atoms with Gasteiger partial charge in [0.25, 0.3) is 0 Å². The first kappa shape index (κ1) is 13.9. The van der Waals surface area contributed by atoms with E-state index in [1.807, 2.05) is 18.2 Å². The molecule has 0 spiro atoms. The zero-order chi connectivity index (χ0) is 12.3. The predicted octanol–water partition coefficient (Wildman–Crippen LogP) is 2.70. The van der Waals surface area contributed by atoms with Gasteiger partial charge in [-0.05, 0) is 24.4 Å². The Hall–Kier alpha value is -1.12. The third-order valence-corrected chi connectivity index (χ3v) is 2.92. The Labute approximate surface area is 104 Å². The highest BCUT2D eigenvalue weighted by molar-refractivity contribution is 5.48. The Bertz CT molecular complexity index is 308. The maximum absolute atomic E-state index is 8.88. The van der Waals surface area contributed by atoms with Crippen LogP contribution in [0.15, 0.2) is 36.4 Å². The lowest BCUT2D eigenvalue weighted by atomic mass is 10.0. The second kappa shape index (κ2) is 8.97. The molecule has 0 heterocycles. The van der Waals surface area contributed by atoms with Crippen molar-refractivity contribution < 1.29 is 5.11 Å². The molecule has 17 heavy (non-hydrogen) atoms. The van der Waals surface area contributed by atoms with Crippen LogP contribution < -0.4 is 5.32 Å². The van der Waals surface area contributed by atoms with Crippen molar-refractivity contribution in [3.8, 4) is 0 Å². The number of hydrogen-bond acceptors (Lipinski definition) is 2. The Kier molecular flexibility index (Phi) is 7.35. The van der Waals surface area contributed by atoms with Crippen LogP contribution in [0.5, 0.6) is 0 Å². The second-order valence-electron chi connectivity index (χ2n) is 4.26. The van der Waals surface area contributed by atoms with Gasteiger partial charge in [-0.2, -0.15) is 0 Å². The van der Waals surface area contributed by atoms with Gasteiger partial charge in [-0.1, -0.05) is 55.8 Å². The summed E-state index contributed by atoms with van der Waals surface area (Å²) in [6.45, 7) is 4.33. The van der Waals surface area contributed by atoms with Gasteiger partial charge in [-0.25, -0.2) is 0 Å². The molecule has 0 aliphatic heterocycles. The molecule has 1 atom stereocenters. The van der Waals surface area contributed by atoms with Gasteiger partial charge in [0, 0.05) is 13.2 Å². The van der Waals surface area contributed by atoms with E-state index in [1.165, 1.54) is 5.56 Å². The molecule has 0 fully saturated rings. The normalized spacial score (nSPS) is 13.1. The number of aliphatic hydroxyl groups excluding tert-OH is 1. The molecular formula is C15H23NO. The van der Waals surface area contributed by atoms with E-state index >= 15 is 0 Å². The SMILES string of the molecule is CCC(CCO)CNC/C=C/c1ccccc1. The van der Waals surface area contributed by atoms with Crippen LogP contribution in [0.3, 0.4) is 0 Å². The van der Waals surface area contributed by atoms with Crippen LogP contribution in [0.1, 0.15) is 25.3 Å². The molecule has 2 nitrogen and oxygen atoms in total. The summed E-state index contributed by atoms with van der Waals surface area (Å²) in [5.74, 6) is 0.588. The molecule has 2 N–H and O–H groups in total. The van der Waals surface area contributed by atoms with Crippen LogP contribution in [-0.4, -0.2) is 24.8 Å². The maximum atomic E-state index is 8.88. The molecule has 0 aromatic heterocycles. The number of hydrogen-bond donors (Lipinski definition) is 2. The molecule has 0 saturated carbocycles. The van der Waals surface area contributed by atoms with E-state index in [0.717, 1.165) is 25.9 Å². The fraction of sp³-hybridized carbons (Fsp3) is 0.467. The lowest BCUT2D eigenvalue weighted by Gasteiger charge is -2.13. The van der Waals surface area contributed by atoms with E-state index in [-0.39, 0.29) is 0 Å². The number of nitrogens with one attached hydrogen (secondary N) is 1. The van der Waals surface area contributed by atoms with Crippen molar-refractivity contribution in [2.75, 3.05) is 19.7 Å². The van der Waals surface area contributed by atoms with Gasteiger partial charge < -0.3 is 10.4 Å². The molecule has 0 bridgehead atoms. The minimum atomic E-state index is 0.292. The molecule has 1 aromatic rings. The lowest BCUT2D eigenvalue weighted by molar-refractivity contribution is 0.252. The third-order valence-electron chi connectivity index (χ3n) is 2.92. The monoisotopic (exact) mass is 233 g/mol. The Balaban J connectivity index is 2.17. The van der Waals surface area contributed by atoms with Crippen LogP contribution in [0.4, 0.5) is 0 Å². The van der Waals surface area contributed by atoms with Gasteiger partial charge in [0.2, 0.25) is 0 Å². The fourth-order valence-corrected chi connectivity index (χ4v) is 1.76. The van der Waals surface area contributed by atoms with Crippen molar-refractivity contribution in [3.63, 3.8) is 0 Å². The highest BCUT2D eigenvalue weighted by atomic mass is 16.3. The molecule has 0 radical (unpaired) electrons. The fourth-order valence-electron chi connectivity index (χ4n) is 1.76. The average molecular weight is 233 g/mol. The molecule has 0 aliphatic carbocycles. The van der Waals surface area contributed by atoms with Crippen LogP contribution in [0.2, 0.25) is 0 Å². The third kappa shape index (κ3) is 6.25. The highest BCUT2D eigenvalue weighted by Gasteiger charge is 2.03. The van der Waals surface area contributed by atoms with Gasteiger partial charge in [0.05, 0.1) is 0 Å². The summed E-state index contributed by atoms with van der Waals surface area (Å²) in [7, 11) is 0. The molecule has 2 heteroatoms. The van der Waals surface area contributed by atoms with E-state index < -0.39 is 0 Å². The first-order valence-electron chi connectivity index (χ1n) is 6.40. The maximum Gasteiger partial charge on any atom is 0.0434 e. The van der Waals surface area contributed by atoms with Crippen LogP contribution in [0.25, 0.3) is 6.08 Å². The first-order chi connectivity index (χ1) is 8.36. The van der Waals surface area contributed by atoms with E-state index in [2.05, 4.69) is 36.5 Å². The van der Waals surface area contributed by atoms with Crippen LogP contribution in [0, 0.1) is 5.92 Å². The molecule has 1 unspecified atom stereocenters. The van der Waals surface area contributed by atoms with Crippen LogP contribution in [-0.2, 0) is 0 Å². The lowest BCUT2D eigenvalue weighted by Crippen LogP contribution is -2.23. The molecule has 0 amide bonds. The van der Waals surface area contributed by atoms with Crippen molar-refractivity contribution in [3.05, 3.63) is 42.0 Å². The Morgan fingerprint density at radius 3 is 2.71 bits per heavy atom. The molecule has 0 aliphatic rings. The van der Waals surface area contributed by atoms with Gasteiger partial charge in [0.1, 0.15) is 0 Å². The summed E-state index contributed by atoms with van der Waals surface area (Å²) in [5.41, 5.74) is 1.23. The highest BCUT2D eigenvalue weighted by Crippen LogP contribution is 2.05. The number of benzene rings is 1. The Morgan fingerprint density at radius 2 is 2.06 bits per heavy atom. The smallest absolute Gasteiger partial charge is 0.0434 e. The van der Waals surface area contributed by atoms with E-state index in [0.29, 0.717) is 12.5 Å². The summed E-state index contributed by atoms with van der Waals surface area (Å²) in [6, 6.07) is 10.3. The van der Waals surface area contributed by atoms with Gasteiger partial charge in [-0.15, -0.1) is 0 Å². The quantitative estimate of drug-likeness (QED) is 0.677. The summed E-state index contributed by atoms with van der Waals surface area (Å²) < 4.78 is 0. The molecular weight excluding hydrogens is 210 g/mol. The molecule has 0 saturated heterocycles. The number of aliphatic hydroxyl groups is 1. The summed E-state index contributed by atoms with van der Waals surface area (Å²) in [4.78, 5) is 0. The van der Waals surface area contributed by atoms with E-state index in [1.54, 1.807) is 0 Å². The molecule has 1 rings (SSSR count). The zero-order valence-corrected chi connectivity index (χ0v) is 10.6. The Morgan fingerprint density at radius 1 is 1.29 bits per heavy atom. The minimum Gasteiger partial charge on any atom is -0.396 e. The standard InChI is InChI=1S/C15H23NO/c1-2-14(10-12-17)13-16-11-6-9-15-7-4-3-5-8-15/h3-9,14,16-17H,2,10-13H2,1H3/b9-6+. The average Bonchev–Trinajstić information content (AvgIpc) is 2.38. The van der Waals surface area contributed by atoms with Gasteiger partial charge in [0.15, 0.2) is 0 Å². The van der Waals surface area contributed by atoms with Gasteiger partial charge >= 0.3 is 0 Å². The van der Waals surface area contributed by atoms with Crippen molar-refractivity contribution in [2.45, 2.75) is 19.8 Å². The van der Waals surface area contributed by atoms with Crippen LogP contribution >= 0.6 is 0 Å². The summed E-state index contributed by atoms with van der Waals surface area (Å²) in [5, 5.41) is 12.3. The summed E-state index contributed by atoms with van der Waals surface area (Å²) in [6.07, 6.45) is 6.28. The number of rotatable bonds is 8. The summed E-state index contributed by atoms with van der Waals surface area (Å²) >= 11 is 0. The van der Waals surface area contributed by atoms with Crippen molar-refractivity contribution >= 4 is 6.08 Å². The van der Waals surface area contributed by atoms with Crippen molar-refractivity contribution in [1.29, 1.82) is 0 Å². The predicted molar refractivity (Wildman–Crippen MR) is 73.8 cm³/mol. The zero-order valence-electron chi connectivity index (χ0n) is 10.6. The van der Waals surface area contributed by atoms with Crippen molar-refractivity contribution in [2.24, 2.45) is 5.92 Å². The van der Waals surface area contributed by atoms with Gasteiger partial charge in [-0.3, -0.25) is 0 Å². The van der Waals surface area contributed by atoms with E-state index in [9.17, 15) is 0 Å². The topological polar surface area (TPSA) is 32.3 Å². The van der Waals surface area contributed by atoms with Crippen molar-refractivity contribution in [1.82, 2.24) is 5.32 Å². The largest absolute Gasteiger partial charge is 0.396 e.